The van der Waals surface area contributed by atoms with Crippen LogP contribution in [0.3, 0.4) is 0 Å². The summed E-state index contributed by atoms with van der Waals surface area (Å²) in [7, 11) is 0. The second-order valence-electron chi connectivity index (χ2n) is 7.20. The Labute approximate surface area is 142 Å². The van der Waals surface area contributed by atoms with Crippen molar-refractivity contribution in [3.05, 3.63) is 35.6 Å². The third kappa shape index (κ3) is 5.46. The van der Waals surface area contributed by atoms with Gasteiger partial charge in [0, 0.05) is 19.1 Å². The first-order chi connectivity index (χ1) is 11.3. The maximum Gasteiger partial charge on any atom is 0.410 e. The molecule has 0 spiro atoms. The Morgan fingerprint density at radius 2 is 1.92 bits per heavy atom. The number of piperidine rings is 1. The Balaban J connectivity index is 1.85. The molecule has 1 unspecified atom stereocenters. The van der Waals surface area contributed by atoms with Gasteiger partial charge in [0.15, 0.2) is 0 Å². The molecule has 1 saturated heterocycles. The van der Waals surface area contributed by atoms with E-state index >= 15 is 0 Å². The third-order valence-corrected chi connectivity index (χ3v) is 4.04. The zero-order valence-electron chi connectivity index (χ0n) is 14.6. The summed E-state index contributed by atoms with van der Waals surface area (Å²) in [5, 5.41) is 13.0. The SMILES string of the molecule is CC(C)(C)OC(=O)N1CCC(NC(CO)c2ccc(F)cc2)CC1. The molecule has 0 bridgehead atoms. The summed E-state index contributed by atoms with van der Waals surface area (Å²) in [5.74, 6) is -0.291. The number of likely N-dealkylation sites (tertiary alicyclic amines) is 1. The van der Waals surface area contributed by atoms with Gasteiger partial charge in [0.1, 0.15) is 11.4 Å². The van der Waals surface area contributed by atoms with Gasteiger partial charge >= 0.3 is 6.09 Å². The molecular weight excluding hydrogens is 311 g/mol. The van der Waals surface area contributed by atoms with Gasteiger partial charge in [-0.1, -0.05) is 12.1 Å². The van der Waals surface area contributed by atoms with E-state index in [1.54, 1.807) is 17.0 Å². The summed E-state index contributed by atoms with van der Waals surface area (Å²) in [6, 6.07) is 6.11. The first-order valence-corrected chi connectivity index (χ1v) is 8.39. The number of carbonyl (C=O) groups excluding carboxylic acids is 1. The highest BCUT2D eigenvalue weighted by molar-refractivity contribution is 5.68. The first-order valence-electron chi connectivity index (χ1n) is 8.39. The number of hydrogen-bond acceptors (Lipinski definition) is 4. The molecule has 1 amide bonds. The lowest BCUT2D eigenvalue weighted by molar-refractivity contribution is 0.0193. The lowest BCUT2D eigenvalue weighted by atomic mass is 10.0. The molecule has 1 heterocycles. The number of nitrogens with zero attached hydrogens (tertiary/aromatic N) is 1. The van der Waals surface area contributed by atoms with Crippen LogP contribution in [0.15, 0.2) is 24.3 Å². The fourth-order valence-electron chi connectivity index (χ4n) is 2.79. The topological polar surface area (TPSA) is 61.8 Å². The van der Waals surface area contributed by atoms with Crippen LogP contribution < -0.4 is 5.32 Å². The number of amides is 1. The second-order valence-corrected chi connectivity index (χ2v) is 7.20. The molecule has 1 aromatic rings. The second kappa shape index (κ2) is 7.94. The van der Waals surface area contributed by atoms with Crippen molar-refractivity contribution >= 4 is 6.09 Å². The minimum atomic E-state index is -0.489. The van der Waals surface area contributed by atoms with Crippen LogP contribution in [-0.4, -0.2) is 47.4 Å². The molecule has 24 heavy (non-hydrogen) atoms. The number of nitrogens with one attached hydrogen (secondary N) is 1. The Morgan fingerprint density at radius 1 is 1.33 bits per heavy atom. The van der Waals surface area contributed by atoms with Crippen LogP contribution in [0.5, 0.6) is 0 Å². The van der Waals surface area contributed by atoms with Gasteiger partial charge in [-0.3, -0.25) is 0 Å². The molecule has 5 nitrogen and oxygen atoms in total. The van der Waals surface area contributed by atoms with E-state index < -0.39 is 5.60 Å². The van der Waals surface area contributed by atoms with Crippen molar-refractivity contribution in [2.45, 2.75) is 51.3 Å². The maximum absolute atomic E-state index is 13.0. The van der Waals surface area contributed by atoms with Gasteiger partial charge in [0.05, 0.1) is 12.6 Å². The van der Waals surface area contributed by atoms with Crippen molar-refractivity contribution in [2.24, 2.45) is 0 Å². The lowest BCUT2D eigenvalue weighted by Gasteiger charge is -2.35. The molecule has 2 N–H and O–H groups in total. The number of aliphatic hydroxyl groups is 1. The molecule has 1 fully saturated rings. The van der Waals surface area contributed by atoms with Crippen molar-refractivity contribution < 1.29 is 19.0 Å². The van der Waals surface area contributed by atoms with Crippen LogP contribution in [-0.2, 0) is 4.74 Å². The number of hydrogen-bond donors (Lipinski definition) is 2. The van der Waals surface area contributed by atoms with Gasteiger partial charge in [0.25, 0.3) is 0 Å². The molecule has 0 aliphatic carbocycles. The van der Waals surface area contributed by atoms with Crippen LogP contribution in [0.4, 0.5) is 9.18 Å². The predicted octanol–water partition coefficient (Wildman–Crippen LogP) is 2.85. The standard InChI is InChI=1S/C18H27FN2O3/c1-18(2,3)24-17(23)21-10-8-15(9-11-21)20-16(12-22)13-4-6-14(19)7-5-13/h4-7,15-16,20,22H,8-12H2,1-3H3. The van der Waals surface area contributed by atoms with E-state index in [1.165, 1.54) is 12.1 Å². The molecule has 1 aliphatic heterocycles. The van der Waals surface area contributed by atoms with E-state index in [2.05, 4.69) is 5.32 Å². The predicted molar refractivity (Wildman–Crippen MR) is 90.2 cm³/mol. The monoisotopic (exact) mass is 338 g/mol. The maximum atomic E-state index is 13.0. The van der Waals surface area contributed by atoms with Crippen LogP contribution in [0.1, 0.15) is 45.2 Å². The van der Waals surface area contributed by atoms with Crippen LogP contribution in [0.25, 0.3) is 0 Å². The number of carbonyl (C=O) groups is 1. The molecule has 1 atom stereocenters. The van der Waals surface area contributed by atoms with Crippen LogP contribution in [0, 0.1) is 5.82 Å². The largest absolute Gasteiger partial charge is 0.444 e. The van der Waals surface area contributed by atoms with Crippen molar-refractivity contribution in [3.63, 3.8) is 0 Å². The van der Waals surface area contributed by atoms with E-state index in [-0.39, 0.29) is 30.6 Å². The lowest BCUT2D eigenvalue weighted by Crippen LogP contribution is -2.47. The summed E-state index contributed by atoms with van der Waals surface area (Å²) >= 11 is 0. The van der Waals surface area contributed by atoms with Crippen LogP contribution >= 0.6 is 0 Å². The number of benzene rings is 1. The minimum Gasteiger partial charge on any atom is -0.444 e. The van der Waals surface area contributed by atoms with E-state index in [1.807, 2.05) is 20.8 Å². The average molecular weight is 338 g/mol. The molecule has 134 valence electrons. The Morgan fingerprint density at radius 3 is 2.42 bits per heavy atom. The van der Waals surface area contributed by atoms with Crippen molar-refractivity contribution in [3.8, 4) is 0 Å². The fourth-order valence-corrected chi connectivity index (χ4v) is 2.79. The summed E-state index contributed by atoms with van der Waals surface area (Å²) in [6.07, 6.45) is 1.30. The average Bonchev–Trinajstić information content (AvgIpc) is 2.52. The van der Waals surface area contributed by atoms with Crippen molar-refractivity contribution in [1.29, 1.82) is 0 Å². The van der Waals surface area contributed by atoms with Gasteiger partial charge in [-0.25, -0.2) is 9.18 Å². The molecule has 0 aromatic heterocycles. The number of halogens is 1. The van der Waals surface area contributed by atoms with Crippen molar-refractivity contribution in [1.82, 2.24) is 10.2 Å². The normalized spacial score (nSPS) is 17.6. The summed E-state index contributed by atoms with van der Waals surface area (Å²) in [4.78, 5) is 13.8. The number of aliphatic hydroxyl groups excluding tert-OH is 1. The molecule has 1 aliphatic rings. The van der Waals surface area contributed by atoms with E-state index in [9.17, 15) is 14.3 Å². The van der Waals surface area contributed by atoms with E-state index in [4.69, 9.17) is 4.74 Å². The molecule has 0 radical (unpaired) electrons. The number of rotatable bonds is 4. The van der Waals surface area contributed by atoms with E-state index in [0.29, 0.717) is 13.1 Å². The first kappa shape index (κ1) is 18.7. The quantitative estimate of drug-likeness (QED) is 0.886. The molecular formula is C18H27FN2O3. The fraction of sp³-hybridized carbons (Fsp3) is 0.611. The van der Waals surface area contributed by atoms with Crippen molar-refractivity contribution in [2.75, 3.05) is 19.7 Å². The zero-order chi connectivity index (χ0) is 17.7. The van der Waals surface area contributed by atoms with Gasteiger partial charge in [0.2, 0.25) is 0 Å². The van der Waals surface area contributed by atoms with Gasteiger partial charge in [-0.05, 0) is 51.3 Å². The number of ether oxygens (including phenoxy) is 1. The highest BCUT2D eigenvalue weighted by Gasteiger charge is 2.27. The van der Waals surface area contributed by atoms with E-state index in [0.717, 1.165) is 18.4 Å². The molecule has 2 rings (SSSR count). The Kier molecular flexibility index (Phi) is 6.18. The smallest absolute Gasteiger partial charge is 0.410 e. The van der Waals surface area contributed by atoms with Gasteiger partial charge in [-0.15, -0.1) is 0 Å². The highest BCUT2D eigenvalue weighted by Crippen LogP contribution is 2.19. The summed E-state index contributed by atoms with van der Waals surface area (Å²) in [6.45, 7) is 6.75. The molecule has 0 saturated carbocycles. The minimum absolute atomic E-state index is 0.0576. The Bertz CT molecular complexity index is 534. The summed E-state index contributed by atoms with van der Waals surface area (Å²) in [5.41, 5.74) is 0.366. The van der Waals surface area contributed by atoms with Crippen LogP contribution in [0.2, 0.25) is 0 Å². The zero-order valence-corrected chi connectivity index (χ0v) is 14.6. The third-order valence-electron chi connectivity index (χ3n) is 4.04. The molecule has 6 heteroatoms. The Hall–Kier alpha value is -1.66. The highest BCUT2D eigenvalue weighted by atomic mass is 19.1. The molecule has 1 aromatic carbocycles. The van der Waals surface area contributed by atoms with Gasteiger partial charge < -0.3 is 20.1 Å². The van der Waals surface area contributed by atoms with Gasteiger partial charge in [-0.2, -0.15) is 0 Å². The summed E-state index contributed by atoms with van der Waals surface area (Å²) < 4.78 is 18.4.